The number of hydrogen-bond acceptors (Lipinski definition) is 6. The molecule has 6 nitrogen and oxygen atoms in total. The van der Waals surface area contributed by atoms with Crippen LogP contribution in [0.4, 0.5) is 0 Å². The van der Waals surface area contributed by atoms with Crippen LogP contribution >= 0.6 is 0 Å². The van der Waals surface area contributed by atoms with Crippen molar-refractivity contribution in [3.8, 4) is 11.5 Å². The van der Waals surface area contributed by atoms with Crippen molar-refractivity contribution >= 4 is 0 Å². The van der Waals surface area contributed by atoms with E-state index in [1.165, 1.54) is 42.6 Å². The quantitative estimate of drug-likeness (QED) is 0.455. The monoisotopic (exact) mass is 518 g/mol. The fourth-order valence-corrected chi connectivity index (χ4v) is 6.36. The molecule has 1 fully saturated rings. The number of aromatic hydroxyl groups is 1. The highest BCUT2D eigenvalue weighted by Gasteiger charge is 2.34. The lowest BCUT2D eigenvalue weighted by molar-refractivity contribution is 0.115. The van der Waals surface area contributed by atoms with Crippen molar-refractivity contribution in [2.24, 2.45) is 11.8 Å². The molecule has 6 heteroatoms. The van der Waals surface area contributed by atoms with E-state index in [1.54, 1.807) is 13.2 Å². The molecule has 0 aromatic heterocycles. The van der Waals surface area contributed by atoms with Gasteiger partial charge in [-0.2, -0.15) is 0 Å². The summed E-state index contributed by atoms with van der Waals surface area (Å²) in [5.74, 6) is 2.93. The van der Waals surface area contributed by atoms with Gasteiger partial charge < -0.3 is 19.7 Å². The minimum Gasteiger partial charge on any atom is -0.508 e. The van der Waals surface area contributed by atoms with Crippen molar-refractivity contribution in [2.45, 2.75) is 44.7 Å². The molecule has 3 atom stereocenters. The highest BCUT2D eigenvalue weighted by molar-refractivity contribution is 5.37. The predicted molar refractivity (Wildman–Crippen MR) is 150 cm³/mol. The highest BCUT2D eigenvalue weighted by atomic mass is 16.5. The maximum Gasteiger partial charge on any atom is 0.119 e. The Labute approximate surface area is 227 Å². The summed E-state index contributed by atoms with van der Waals surface area (Å²) in [6, 6.07) is 14.4. The summed E-state index contributed by atoms with van der Waals surface area (Å²) in [6.07, 6.45) is 12.3. The van der Waals surface area contributed by atoms with E-state index in [4.69, 9.17) is 9.47 Å². The number of aryl methyl sites for hydroxylation is 1. The first-order valence-corrected chi connectivity index (χ1v) is 14.2. The van der Waals surface area contributed by atoms with Crippen LogP contribution in [0.15, 0.2) is 66.5 Å². The van der Waals surface area contributed by atoms with Crippen LogP contribution in [-0.2, 0) is 24.1 Å². The molecule has 38 heavy (non-hydrogen) atoms. The van der Waals surface area contributed by atoms with Gasteiger partial charge in [0.2, 0.25) is 0 Å². The Morgan fingerprint density at radius 3 is 2.63 bits per heavy atom. The highest BCUT2D eigenvalue weighted by Crippen LogP contribution is 2.38. The summed E-state index contributed by atoms with van der Waals surface area (Å²) < 4.78 is 11.6. The third kappa shape index (κ3) is 6.60. The summed E-state index contributed by atoms with van der Waals surface area (Å²) in [7, 11) is 1.72. The molecule has 2 aromatic rings. The smallest absolute Gasteiger partial charge is 0.119 e. The van der Waals surface area contributed by atoms with Crippen molar-refractivity contribution in [3.63, 3.8) is 0 Å². The minimum absolute atomic E-state index is 0.105. The molecule has 0 amide bonds. The van der Waals surface area contributed by atoms with Gasteiger partial charge in [-0.25, -0.2) is 0 Å². The van der Waals surface area contributed by atoms with E-state index >= 15 is 0 Å². The molecule has 2 aliphatic carbocycles. The van der Waals surface area contributed by atoms with Gasteiger partial charge in [-0.05, 0) is 110 Å². The van der Waals surface area contributed by atoms with E-state index in [0.29, 0.717) is 24.1 Å². The molecule has 2 unspecified atom stereocenters. The number of ether oxygens (including phenoxy) is 2. The lowest BCUT2D eigenvalue weighted by Crippen LogP contribution is -2.44. The number of benzene rings is 2. The van der Waals surface area contributed by atoms with Crippen molar-refractivity contribution in [1.82, 2.24) is 9.80 Å². The summed E-state index contributed by atoms with van der Waals surface area (Å²) in [5.41, 5.74) is 3.80. The van der Waals surface area contributed by atoms with E-state index in [-0.39, 0.29) is 12.6 Å². The molecule has 1 saturated heterocycles. The molecule has 2 aromatic carbocycles. The zero-order valence-electron chi connectivity index (χ0n) is 22.6. The van der Waals surface area contributed by atoms with Crippen LogP contribution in [0.1, 0.15) is 36.0 Å². The maximum atomic E-state index is 9.99. The van der Waals surface area contributed by atoms with Gasteiger partial charge in [0.25, 0.3) is 0 Å². The number of allylic oxidation sites excluding steroid dienone is 1. The van der Waals surface area contributed by atoms with Crippen LogP contribution < -0.4 is 4.74 Å². The first-order valence-electron chi connectivity index (χ1n) is 14.2. The molecule has 0 radical (unpaired) electrons. The van der Waals surface area contributed by atoms with Crippen LogP contribution in [0.5, 0.6) is 11.5 Å². The van der Waals surface area contributed by atoms with Crippen molar-refractivity contribution in [2.75, 3.05) is 46.5 Å². The first-order chi connectivity index (χ1) is 18.6. The topological polar surface area (TPSA) is 65.4 Å². The lowest BCUT2D eigenvalue weighted by atomic mass is 9.72. The normalized spacial score (nSPS) is 23.3. The van der Waals surface area contributed by atoms with Gasteiger partial charge in [-0.15, -0.1) is 0 Å². The number of nitrogens with zero attached hydrogens (tertiary/aromatic N) is 2. The zero-order valence-corrected chi connectivity index (χ0v) is 22.6. The van der Waals surface area contributed by atoms with Gasteiger partial charge in [-0.1, -0.05) is 24.3 Å². The van der Waals surface area contributed by atoms with Gasteiger partial charge in [0.15, 0.2) is 0 Å². The summed E-state index contributed by atoms with van der Waals surface area (Å²) in [5, 5.41) is 19.9. The standard InChI is InChI=1S/C32H42N2O4/c1-37-30-12-13-31(27-7-6-26-21-28(36)9-8-25(26)20-27)32(22-30)34(16-18-35)23-24-4-10-29(11-5-24)38-19-17-33-14-2-3-15-33/h4-5,8-13,21-22,27,31-32,35-36H,2-3,6-7,14-20,23H2,1H3/t27-,31?,32?/m1/s1. The van der Waals surface area contributed by atoms with Crippen LogP contribution in [0.25, 0.3) is 0 Å². The number of aliphatic hydroxyl groups is 1. The van der Waals surface area contributed by atoms with E-state index < -0.39 is 0 Å². The zero-order chi connectivity index (χ0) is 26.3. The third-order valence-electron chi connectivity index (χ3n) is 8.44. The largest absolute Gasteiger partial charge is 0.508 e. The van der Waals surface area contributed by atoms with Crippen molar-refractivity contribution in [3.05, 3.63) is 83.1 Å². The average molecular weight is 519 g/mol. The molecule has 204 valence electrons. The Morgan fingerprint density at radius 1 is 1.05 bits per heavy atom. The molecule has 0 spiro atoms. The van der Waals surface area contributed by atoms with Crippen LogP contribution in [0, 0.1) is 11.8 Å². The average Bonchev–Trinajstić information content (AvgIpc) is 3.47. The first kappa shape index (κ1) is 26.8. The van der Waals surface area contributed by atoms with E-state index in [9.17, 15) is 10.2 Å². The Balaban J connectivity index is 1.27. The van der Waals surface area contributed by atoms with Crippen LogP contribution in [-0.4, -0.2) is 72.6 Å². The third-order valence-corrected chi connectivity index (χ3v) is 8.44. The van der Waals surface area contributed by atoms with Gasteiger partial charge >= 0.3 is 0 Å². The number of likely N-dealkylation sites (tertiary alicyclic amines) is 1. The summed E-state index contributed by atoms with van der Waals surface area (Å²) in [6.45, 7) is 5.53. The molecular weight excluding hydrogens is 476 g/mol. The van der Waals surface area contributed by atoms with Crippen molar-refractivity contribution in [1.29, 1.82) is 0 Å². The summed E-state index contributed by atoms with van der Waals surface area (Å²) >= 11 is 0. The molecule has 0 saturated carbocycles. The molecule has 3 aliphatic rings. The van der Waals surface area contributed by atoms with Gasteiger partial charge in [0.1, 0.15) is 23.9 Å². The second-order valence-corrected chi connectivity index (χ2v) is 10.9. The minimum atomic E-state index is 0.105. The molecule has 1 aliphatic heterocycles. The Hall–Kier alpha value is -2.80. The molecule has 1 heterocycles. The number of phenolic OH excluding ortho intramolecular Hbond substituents is 1. The number of fused-ring (bicyclic) bond motifs is 1. The number of hydrogen-bond donors (Lipinski definition) is 2. The van der Waals surface area contributed by atoms with Crippen LogP contribution in [0.2, 0.25) is 0 Å². The number of methoxy groups -OCH3 is 1. The molecule has 0 bridgehead atoms. The molecular formula is C32H42N2O4. The second-order valence-electron chi connectivity index (χ2n) is 10.9. The fraction of sp³-hybridized carbons (Fsp3) is 0.500. The fourth-order valence-electron chi connectivity index (χ4n) is 6.36. The Kier molecular flexibility index (Phi) is 9.05. The Morgan fingerprint density at radius 2 is 1.87 bits per heavy atom. The Bertz CT molecular complexity index is 1110. The maximum absolute atomic E-state index is 9.99. The molecule has 5 rings (SSSR count). The lowest BCUT2D eigenvalue weighted by Gasteiger charge is -2.41. The number of aliphatic hydroxyl groups excluding tert-OH is 1. The van der Waals surface area contributed by atoms with Gasteiger partial charge in [0.05, 0.1) is 13.7 Å². The van der Waals surface area contributed by atoms with E-state index in [2.05, 4.69) is 58.4 Å². The van der Waals surface area contributed by atoms with Gasteiger partial charge in [0, 0.05) is 25.7 Å². The number of phenols is 1. The summed E-state index contributed by atoms with van der Waals surface area (Å²) in [4.78, 5) is 4.84. The SMILES string of the molecule is COC1=CC(N(CCO)Cc2ccc(OCCN3CCCC3)cc2)C([C@@H]2CCc3cc(O)ccc3C2)C=C1. The number of rotatable bonds is 11. The van der Waals surface area contributed by atoms with E-state index in [0.717, 1.165) is 50.5 Å². The van der Waals surface area contributed by atoms with Crippen LogP contribution in [0.3, 0.4) is 0 Å². The predicted octanol–water partition coefficient (Wildman–Crippen LogP) is 4.55. The molecule has 2 N–H and O–H groups in total. The van der Waals surface area contributed by atoms with Gasteiger partial charge in [-0.3, -0.25) is 9.80 Å². The van der Waals surface area contributed by atoms with Crippen molar-refractivity contribution < 1.29 is 19.7 Å². The second kappa shape index (κ2) is 12.8. The van der Waals surface area contributed by atoms with E-state index in [1.807, 2.05) is 6.07 Å².